The maximum Gasteiger partial charge on any atom is 0.146 e. The number of hydrogen-bond acceptors (Lipinski definition) is 4. The third-order valence-corrected chi connectivity index (χ3v) is 1.14. The molecule has 9 heavy (non-hydrogen) atoms. The van der Waals surface area contributed by atoms with Gasteiger partial charge in [0.15, 0.2) is 0 Å². The summed E-state index contributed by atoms with van der Waals surface area (Å²) in [7, 11) is 1.53. The largest absolute Gasteiger partial charge is 0.390 e. The molecule has 56 valence electrons. The summed E-state index contributed by atoms with van der Waals surface area (Å²) in [6, 6.07) is 0. The van der Waals surface area contributed by atoms with Gasteiger partial charge in [-0.05, 0) is 0 Å². The lowest BCUT2D eigenvalue weighted by atomic mass is 10.4. The molecule has 0 rings (SSSR count). The van der Waals surface area contributed by atoms with Crippen molar-refractivity contribution in [2.45, 2.75) is 6.10 Å². The molecule has 1 unspecified atom stereocenters. The van der Waals surface area contributed by atoms with Crippen LogP contribution in [0.15, 0.2) is 0 Å². The fourth-order valence-electron chi connectivity index (χ4n) is 0.320. The van der Waals surface area contributed by atoms with Gasteiger partial charge >= 0.3 is 0 Å². The van der Waals surface area contributed by atoms with E-state index < -0.39 is 6.10 Å². The third kappa shape index (κ3) is 6.11. The normalized spacial score (nSPS) is 13.7. The molecule has 0 aliphatic carbocycles. The molecule has 1 N–H and O–H groups in total. The first-order chi connectivity index (χ1) is 4.31. The minimum absolute atomic E-state index is 0.227. The van der Waals surface area contributed by atoms with Gasteiger partial charge in [-0.25, -0.2) is 0 Å². The van der Waals surface area contributed by atoms with Crippen molar-refractivity contribution in [3.05, 3.63) is 0 Å². The van der Waals surface area contributed by atoms with Crippen LogP contribution in [0.3, 0.4) is 0 Å². The maximum atomic E-state index is 8.83. The van der Waals surface area contributed by atoms with Crippen molar-refractivity contribution in [1.82, 2.24) is 0 Å². The van der Waals surface area contributed by atoms with Gasteiger partial charge in [0.1, 0.15) is 6.79 Å². The Balaban J connectivity index is 2.88. The number of rotatable bonds is 5. The summed E-state index contributed by atoms with van der Waals surface area (Å²) in [4.78, 5) is 0. The summed E-state index contributed by atoms with van der Waals surface area (Å²) < 4.78 is 9.39. The van der Waals surface area contributed by atoms with Crippen LogP contribution in [0.2, 0.25) is 0 Å². The smallest absolute Gasteiger partial charge is 0.146 e. The minimum Gasteiger partial charge on any atom is -0.390 e. The molecule has 3 nitrogen and oxygen atoms in total. The highest BCUT2D eigenvalue weighted by molar-refractivity contribution is 7.80. The van der Waals surface area contributed by atoms with Crippen LogP contribution in [0.1, 0.15) is 0 Å². The predicted octanol–water partition coefficient (Wildman–Crippen LogP) is -0.102. The first-order valence-electron chi connectivity index (χ1n) is 2.67. The Bertz CT molecular complexity index is 60.2. The van der Waals surface area contributed by atoms with Crippen molar-refractivity contribution in [1.29, 1.82) is 0 Å². The van der Waals surface area contributed by atoms with Gasteiger partial charge in [-0.15, -0.1) is 0 Å². The van der Waals surface area contributed by atoms with E-state index >= 15 is 0 Å². The zero-order valence-corrected chi connectivity index (χ0v) is 6.30. The van der Waals surface area contributed by atoms with E-state index in [0.29, 0.717) is 5.75 Å². The summed E-state index contributed by atoms with van der Waals surface area (Å²) in [5, 5.41) is 8.83. The molecule has 0 radical (unpaired) electrons. The van der Waals surface area contributed by atoms with Crippen molar-refractivity contribution in [3.8, 4) is 0 Å². The molecule has 0 aromatic carbocycles. The lowest BCUT2D eigenvalue weighted by Crippen LogP contribution is -2.17. The number of aliphatic hydroxyl groups excluding tert-OH is 1. The van der Waals surface area contributed by atoms with Crippen LogP contribution in [0.25, 0.3) is 0 Å². The van der Waals surface area contributed by atoms with Crippen LogP contribution < -0.4 is 0 Å². The molecule has 4 heteroatoms. The zero-order chi connectivity index (χ0) is 7.11. The Hall–Kier alpha value is 0.230. The van der Waals surface area contributed by atoms with E-state index in [0.717, 1.165) is 0 Å². The topological polar surface area (TPSA) is 38.7 Å². The van der Waals surface area contributed by atoms with Gasteiger partial charge in [0, 0.05) is 12.9 Å². The Morgan fingerprint density at radius 1 is 1.67 bits per heavy atom. The molecule has 0 fully saturated rings. The molecule has 0 aliphatic heterocycles. The summed E-state index contributed by atoms with van der Waals surface area (Å²) in [5.41, 5.74) is 0. The van der Waals surface area contributed by atoms with E-state index in [-0.39, 0.29) is 13.4 Å². The van der Waals surface area contributed by atoms with Gasteiger partial charge in [0.25, 0.3) is 0 Å². The average Bonchev–Trinajstić information content (AvgIpc) is 1.89. The maximum absolute atomic E-state index is 8.83. The Kier molecular flexibility index (Phi) is 6.51. The number of thiol groups is 1. The van der Waals surface area contributed by atoms with E-state index in [1.165, 1.54) is 7.11 Å². The zero-order valence-electron chi connectivity index (χ0n) is 5.41. The molecule has 0 amide bonds. The van der Waals surface area contributed by atoms with E-state index in [4.69, 9.17) is 9.84 Å². The second kappa shape index (κ2) is 6.35. The highest BCUT2D eigenvalue weighted by Crippen LogP contribution is 1.87. The van der Waals surface area contributed by atoms with E-state index in [1.807, 2.05) is 0 Å². The molecule has 0 aliphatic rings. The van der Waals surface area contributed by atoms with Crippen LogP contribution in [-0.4, -0.2) is 37.5 Å². The standard InChI is InChI=1S/C5H12O3S/c1-7-4-8-2-5(6)3-9/h5-6,9H,2-4H2,1H3. The SMILES string of the molecule is COCOCC(O)CS. The quantitative estimate of drug-likeness (QED) is 0.328. The first-order valence-corrected chi connectivity index (χ1v) is 3.30. The van der Waals surface area contributed by atoms with E-state index in [1.54, 1.807) is 0 Å². The minimum atomic E-state index is -0.483. The van der Waals surface area contributed by atoms with Crippen LogP contribution in [0.4, 0.5) is 0 Å². The fourth-order valence-corrected chi connectivity index (χ4v) is 0.426. The molecule has 0 saturated heterocycles. The number of aliphatic hydroxyl groups is 1. The monoisotopic (exact) mass is 152 g/mol. The van der Waals surface area contributed by atoms with Crippen molar-refractivity contribution < 1.29 is 14.6 Å². The first kappa shape index (κ1) is 9.23. The number of hydrogen-bond donors (Lipinski definition) is 2. The second-order valence-corrected chi connectivity index (χ2v) is 1.98. The lowest BCUT2D eigenvalue weighted by molar-refractivity contribution is -0.0567. The molecule has 0 bridgehead atoms. The van der Waals surface area contributed by atoms with E-state index in [9.17, 15) is 0 Å². The Morgan fingerprint density at radius 3 is 2.78 bits per heavy atom. The van der Waals surface area contributed by atoms with Gasteiger partial charge in [0.2, 0.25) is 0 Å². The fraction of sp³-hybridized carbons (Fsp3) is 1.00. The highest BCUT2D eigenvalue weighted by atomic mass is 32.1. The van der Waals surface area contributed by atoms with E-state index in [2.05, 4.69) is 17.4 Å². The number of ether oxygens (including phenoxy) is 2. The van der Waals surface area contributed by atoms with Crippen molar-refractivity contribution in [2.75, 3.05) is 26.3 Å². The van der Waals surface area contributed by atoms with Crippen molar-refractivity contribution >= 4 is 12.6 Å². The van der Waals surface area contributed by atoms with Crippen LogP contribution in [0.5, 0.6) is 0 Å². The van der Waals surface area contributed by atoms with Gasteiger partial charge in [0.05, 0.1) is 12.7 Å². The second-order valence-electron chi connectivity index (χ2n) is 1.61. The van der Waals surface area contributed by atoms with Gasteiger partial charge < -0.3 is 14.6 Å². The molecule has 1 atom stereocenters. The molecular weight excluding hydrogens is 140 g/mol. The van der Waals surface area contributed by atoms with Crippen LogP contribution in [0, 0.1) is 0 Å². The van der Waals surface area contributed by atoms with Gasteiger partial charge in [-0.1, -0.05) is 0 Å². The Morgan fingerprint density at radius 2 is 2.33 bits per heavy atom. The summed E-state index contributed by atoms with van der Waals surface area (Å²) in [6.45, 7) is 0.516. The Labute approximate surface area is 60.4 Å². The van der Waals surface area contributed by atoms with Gasteiger partial charge in [-0.3, -0.25) is 0 Å². The molecule has 0 spiro atoms. The van der Waals surface area contributed by atoms with Crippen LogP contribution >= 0.6 is 12.6 Å². The number of methoxy groups -OCH3 is 1. The molecule has 0 heterocycles. The van der Waals surface area contributed by atoms with Crippen LogP contribution in [-0.2, 0) is 9.47 Å². The van der Waals surface area contributed by atoms with Gasteiger partial charge in [-0.2, -0.15) is 12.6 Å². The lowest BCUT2D eigenvalue weighted by Gasteiger charge is -2.06. The average molecular weight is 152 g/mol. The third-order valence-electron chi connectivity index (χ3n) is 0.722. The summed E-state index contributed by atoms with van der Waals surface area (Å²) in [6.07, 6.45) is -0.483. The van der Waals surface area contributed by atoms with Crippen molar-refractivity contribution in [2.24, 2.45) is 0 Å². The molecule has 0 saturated carbocycles. The molecule has 0 aromatic heterocycles. The van der Waals surface area contributed by atoms with Crippen molar-refractivity contribution in [3.63, 3.8) is 0 Å². The summed E-state index contributed by atoms with van der Waals surface area (Å²) in [5.74, 6) is 0.420. The predicted molar refractivity (Wildman–Crippen MR) is 37.7 cm³/mol. The molecule has 0 aromatic rings. The highest BCUT2D eigenvalue weighted by Gasteiger charge is 1.98. The summed E-state index contributed by atoms with van der Waals surface area (Å²) >= 11 is 3.85. The molecular formula is C5H12O3S.